The summed E-state index contributed by atoms with van der Waals surface area (Å²) in [6.07, 6.45) is 3.59. The number of rotatable bonds is 2. The minimum atomic E-state index is -0.461. The molecule has 106 valence electrons. The standard InChI is InChI=1S/C14H13N5O2/c15-12-11(16-5-6-17-12)14(21)19-9-2-1-8-3-4-18-13(20)10(8)7-9/h1-2,5-7H,3-4H2,(H2,15,17)(H,18,20)(H,19,21). The molecule has 2 heterocycles. The van der Waals surface area contributed by atoms with Crippen molar-refractivity contribution in [3.05, 3.63) is 47.4 Å². The van der Waals surface area contributed by atoms with Crippen LogP contribution in [0.5, 0.6) is 0 Å². The number of benzene rings is 1. The second kappa shape index (κ2) is 5.20. The van der Waals surface area contributed by atoms with Crippen molar-refractivity contribution < 1.29 is 9.59 Å². The molecule has 0 saturated heterocycles. The van der Waals surface area contributed by atoms with Gasteiger partial charge in [-0.15, -0.1) is 0 Å². The summed E-state index contributed by atoms with van der Waals surface area (Å²) in [6.45, 7) is 0.633. The average Bonchev–Trinajstić information content (AvgIpc) is 2.48. The van der Waals surface area contributed by atoms with Crippen LogP contribution in [0.1, 0.15) is 26.4 Å². The number of carbonyl (C=O) groups is 2. The van der Waals surface area contributed by atoms with Gasteiger partial charge in [0.1, 0.15) is 0 Å². The molecule has 7 nitrogen and oxygen atoms in total. The molecule has 0 bridgehead atoms. The third-order valence-electron chi connectivity index (χ3n) is 3.23. The smallest absolute Gasteiger partial charge is 0.278 e. The van der Waals surface area contributed by atoms with Crippen LogP contribution in [-0.4, -0.2) is 28.3 Å². The average molecular weight is 283 g/mol. The third kappa shape index (κ3) is 2.53. The molecule has 21 heavy (non-hydrogen) atoms. The summed E-state index contributed by atoms with van der Waals surface area (Å²) in [5.41, 5.74) is 7.72. The molecular weight excluding hydrogens is 270 g/mol. The Morgan fingerprint density at radius 2 is 2.10 bits per heavy atom. The molecule has 4 N–H and O–H groups in total. The molecule has 2 amide bonds. The lowest BCUT2D eigenvalue weighted by atomic mass is 10.00. The highest BCUT2D eigenvalue weighted by atomic mass is 16.2. The molecule has 0 atom stereocenters. The zero-order valence-corrected chi connectivity index (χ0v) is 11.1. The van der Waals surface area contributed by atoms with Gasteiger partial charge in [0.05, 0.1) is 0 Å². The highest BCUT2D eigenvalue weighted by molar-refractivity contribution is 6.06. The number of nitrogens with zero attached hydrogens (tertiary/aromatic N) is 2. The molecule has 0 fully saturated rings. The van der Waals surface area contributed by atoms with Gasteiger partial charge in [-0.05, 0) is 24.1 Å². The zero-order valence-electron chi connectivity index (χ0n) is 11.1. The van der Waals surface area contributed by atoms with Gasteiger partial charge in [0.25, 0.3) is 11.8 Å². The Hall–Kier alpha value is -2.96. The number of nitrogens with one attached hydrogen (secondary N) is 2. The molecule has 0 radical (unpaired) electrons. The maximum atomic E-state index is 12.1. The Morgan fingerprint density at radius 3 is 2.90 bits per heavy atom. The van der Waals surface area contributed by atoms with E-state index in [1.807, 2.05) is 6.07 Å². The van der Waals surface area contributed by atoms with Gasteiger partial charge in [0, 0.05) is 30.2 Å². The second-order valence-corrected chi connectivity index (χ2v) is 4.62. The molecule has 0 aliphatic carbocycles. The molecule has 3 rings (SSSR count). The summed E-state index contributed by atoms with van der Waals surface area (Å²) in [5, 5.41) is 5.43. The fourth-order valence-corrected chi connectivity index (χ4v) is 2.20. The predicted octanol–water partition coefficient (Wildman–Crippen LogP) is 0.597. The van der Waals surface area contributed by atoms with E-state index in [2.05, 4.69) is 20.6 Å². The van der Waals surface area contributed by atoms with Gasteiger partial charge >= 0.3 is 0 Å². The Morgan fingerprint density at radius 1 is 1.29 bits per heavy atom. The van der Waals surface area contributed by atoms with Gasteiger partial charge in [-0.1, -0.05) is 6.07 Å². The largest absolute Gasteiger partial charge is 0.382 e. The number of amides is 2. The fourth-order valence-electron chi connectivity index (χ4n) is 2.20. The number of nitrogen functional groups attached to an aromatic ring is 1. The van der Waals surface area contributed by atoms with Crippen LogP contribution in [0.25, 0.3) is 0 Å². The first-order valence-corrected chi connectivity index (χ1v) is 6.44. The number of hydrogen-bond acceptors (Lipinski definition) is 5. The highest BCUT2D eigenvalue weighted by Gasteiger charge is 2.18. The van der Waals surface area contributed by atoms with Crippen molar-refractivity contribution in [2.24, 2.45) is 0 Å². The van der Waals surface area contributed by atoms with Crippen LogP contribution >= 0.6 is 0 Å². The van der Waals surface area contributed by atoms with Crippen molar-refractivity contribution in [1.82, 2.24) is 15.3 Å². The predicted molar refractivity (Wildman–Crippen MR) is 76.9 cm³/mol. The van der Waals surface area contributed by atoms with E-state index in [0.29, 0.717) is 17.8 Å². The first-order chi connectivity index (χ1) is 10.1. The van der Waals surface area contributed by atoms with Crippen LogP contribution < -0.4 is 16.4 Å². The molecule has 1 aromatic carbocycles. The molecule has 0 saturated carbocycles. The van der Waals surface area contributed by atoms with Crippen LogP contribution in [0.15, 0.2) is 30.6 Å². The first kappa shape index (κ1) is 13.0. The monoisotopic (exact) mass is 283 g/mol. The number of fused-ring (bicyclic) bond motifs is 1. The van der Waals surface area contributed by atoms with Gasteiger partial charge in [0.2, 0.25) is 0 Å². The van der Waals surface area contributed by atoms with E-state index >= 15 is 0 Å². The van der Waals surface area contributed by atoms with E-state index in [1.54, 1.807) is 12.1 Å². The number of carbonyl (C=O) groups excluding carboxylic acids is 2. The minimum absolute atomic E-state index is 0.0553. The molecule has 2 aromatic rings. The number of anilines is 2. The lowest BCUT2D eigenvalue weighted by Crippen LogP contribution is -2.31. The third-order valence-corrected chi connectivity index (χ3v) is 3.23. The van der Waals surface area contributed by atoms with Crippen molar-refractivity contribution in [1.29, 1.82) is 0 Å². The Labute approximate surface area is 120 Å². The lowest BCUT2D eigenvalue weighted by Gasteiger charge is -2.17. The van der Waals surface area contributed by atoms with Crippen molar-refractivity contribution in [2.75, 3.05) is 17.6 Å². The van der Waals surface area contributed by atoms with Crippen LogP contribution in [0.4, 0.5) is 11.5 Å². The normalized spacial score (nSPS) is 13.2. The summed E-state index contributed by atoms with van der Waals surface area (Å²) in [6, 6.07) is 5.24. The number of hydrogen-bond donors (Lipinski definition) is 3. The molecule has 0 spiro atoms. The number of nitrogens with two attached hydrogens (primary N) is 1. The maximum absolute atomic E-state index is 12.1. The second-order valence-electron chi connectivity index (χ2n) is 4.62. The Balaban J connectivity index is 1.86. The van der Waals surface area contributed by atoms with E-state index in [1.165, 1.54) is 12.4 Å². The Bertz CT molecular complexity index is 729. The summed E-state index contributed by atoms with van der Waals surface area (Å²) in [4.78, 5) is 31.6. The maximum Gasteiger partial charge on any atom is 0.278 e. The zero-order chi connectivity index (χ0) is 14.8. The van der Waals surface area contributed by atoms with Crippen LogP contribution in [-0.2, 0) is 6.42 Å². The number of aromatic nitrogens is 2. The first-order valence-electron chi connectivity index (χ1n) is 6.44. The van der Waals surface area contributed by atoms with Crippen molar-refractivity contribution in [2.45, 2.75) is 6.42 Å². The van der Waals surface area contributed by atoms with Crippen LogP contribution in [0, 0.1) is 0 Å². The molecular formula is C14H13N5O2. The van der Waals surface area contributed by atoms with Gasteiger partial charge in [0.15, 0.2) is 11.5 Å². The van der Waals surface area contributed by atoms with E-state index in [4.69, 9.17) is 5.73 Å². The van der Waals surface area contributed by atoms with Crippen LogP contribution in [0.3, 0.4) is 0 Å². The van der Waals surface area contributed by atoms with Gasteiger partial charge in [-0.2, -0.15) is 0 Å². The highest BCUT2D eigenvalue weighted by Crippen LogP contribution is 2.19. The fraction of sp³-hybridized carbons (Fsp3) is 0.143. The van der Waals surface area contributed by atoms with Gasteiger partial charge < -0.3 is 16.4 Å². The molecule has 0 unspecified atom stereocenters. The quantitative estimate of drug-likeness (QED) is 0.747. The summed E-state index contributed by atoms with van der Waals surface area (Å²) >= 11 is 0. The summed E-state index contributed by atoms with van der Waals surface area (Å²) in [7, 11) is 0. The summed E-state index contributed by atoms with van der Waals surface area (Å²) < 4.78 is 0. The Kier molecular flexibility index (Phi) is 3.23. The molecule has 1 aliphatic heterocycles. The summed E-state index contributed by atoms with van der Waals surface area (Å²) in [5.74, 6) is -0.533. The van der Waals surface area contributed by atoms with E-state index in [-0.39, 0.29) is 17.4 Å². The van der Waals surface area contributed by atoms with E-state index < -0.39 is 5.91 Å². The minimum Gasteiger partial charge on any atom is -0.382 e. The molecule has 1 aliphatic rings. The van der Waals surface area contributed by atoms with E-state index in [0.717, 1.165) is 12.0 Å². The van der Waals surface area contributed by atoms with Crippen molar-refractivity contribution >= 4 is 23.3 Å². The lowest BCUT2D eigenvalue weighted by molar-refractivity contribution is 0.0944. The molecule has 7 heteroatoms. The topological polar surface area (TPSA) is 110 Å². The molecule has 1 aromatic heterocycles. The SMILES string of the molecule is Nc1nccnc1C(=O)Nc1ccc2c(c1)C(=O)NCC2. The van der Waals surface area contributed by atoms with Gasteiger partial charge in [-0.25, -0.2) is 9.97 Å². The van der Waals surface area contributed by atoms with E-state index in [9.17, 15) is 9.59 Å². The van der Waals surface area contributed by atoms with Crippen molar-refractivity contribution in [3.63, 3.8) is 0 Å². The van der Waals surface area contributed by atoms with Gasteiger partial charge in [-0.3, -0.25) is 9.59 Å². The van der Waals surface area contributed by atoms with Crippen molar-refractivity contribution in [3.8, 4) is 0 Å². The van der Waals surface area contributed by atoms with Crippen LogP contribution in [0.2, 0.25) is 0 Å².